The molecule has 1 aliphatic rings. The fraction of sp³-hybridized carbons (Fsp3) is 0.533. The lowest BCUT2D eigenvalue weighted by Crippen LogP contribution is -2.48. The van der Waals surface area contributed by atoms with E-state index in [9.17, 15) is 4.79 Å². The Hall–Kier alpha value is -1.39. The average Bonchev–Trinajstić information content (AvgIpc) is 2.39. The number of benzene rings is 1. The molecule has 1 saturated heterocycles. The van der Waals surface area contributed by atoms with Crippen molar-refractivity contribution in [3.8, 4) is 0 Å². The first-order valence-corrected chi connectivity index (χ1v) is 6.87. The molecule has 1 heterocycles. The highest BCUT2D eigenvalue weighted by atomic mass is 16.5. The second-order valence-electron chi connectivity index (χ2n) is 5.10. The summed E-state index contributed by atoms with van der Waals surface area (Å²) in [4.78, 5) is 13.7. The molecule has 0 amide bonds. The number of esters is 1. The molecule has 1 aromatic rings. The van der Waals surface area contributed by atoms with Crippen molar-refractivity contribution in [1.29, 1.82) is 0 Å². The third kappa shape index (κ3) is 4.04. The van der Waals surface area contributed by atoms with E-state index >= 15 is 0 Å². The Morgan fingerprint density at radius 2 is 2.11 bits per heavy atom. The van der Waals surface area contributed by atoms with Gasteiger partial charge in [-0.15, -0.1) is 0 Å². The number of likely N-dealkylation sites (tertiary alicyclic amines) is 1. The monoisotopic (exact) mass is 262 g/mol. The maximum absolute atomic E-state index is 11.6. The Balaban J connectivity index is 1.98. The van der Waals surface area contributed by atoms with Crippen molar-refractivity contribution in [3.05, 3.63) is 35.9 Å². The van der Waals surface area contributed by atoms with Gasteiger partial charge in [-0.1, -0.05) is 30.3 Å². The summed E-state index contributed by atoms with van der Waals surface area (Å²) < 4.78 is 5.00. The van der Waals surface area contributed by atoms with Crippen molar-refractivity contribution in [2.24, 2.45) is 5.73 Å². The zero-order chi connectivity index (χ0) is 13.7. The number of piperidine rings is 1. The standard InChI is InChI=1S/C15H22N2O2/c1-2-19-15(18)11-17-9-13(8-14(16)10-17)12-6-4-3-5-7-12/h3-7,13-14H,2,8-11,16H2,1H3. The number of carbonyl (C=O) groups excluding carboxylic acids is 1. The van der Waals surface area contributed by atoms with Crippen molar-refractivity contribution in [2.75, 3.05) is 26.2 Å². The first kappa shape index (κ1) is 14.0. The van der Waals surface area contributed by atoms with Crippen LogP contribution in [0, 0.1) is 0 Å². The SMILES string of the molecule is CCOC(=O)CN1CC(N)CC(c2ccccc2)C1. The zero-order valence-electron chi connectivity index (χ0n) is 11.4. The van der Waals surface area contributed by atoms with E-state index in [4.69, 9.17) is 10.5 Å². The van der Waals surface area contributed by atoms with Gasteiger partial charge in [0.15, 0.2) is 0 Å². The molecule has 2 atom stereocenters. The molecule has 0 aliphatic carbocycles. The number of hydrogen-bond acceptors (Lipinski definition) is 4. The van der Waals surface area contributed by atoms with Crippen molar-refractivity contribution in [2.45, 2.75) is 25.3 Å². The van der Waals surface area contributed by atoms with Gasteiger partial charge >= 0.3 is 5.97 Å². The van der Waals surface area contributed by atoms with E-state index in [2.05, 4.69) is 17.0 Å². The summed E-state index contributed by atoms with van der Waals surface area (Å²) in [5.74, 6) is 0.239. The first-order valence-electron chi connectivity index (χ1n) is 6.87. The highest BCUT2D eigenvalue weighted by Crippen LogP contribution is 2.26. The molecule has 0 aromatic heterocycles. The van der Waals surface area contributed by atoms with Gasteiger partial charge in [0.2, 0.25) is 0 Å². The van der Waals surface area contributed by atoms with Gasteiger partial charge in [0.1, 0.15) is 0 Å². The van der Waals surface area contributed by atoms with E-state index in [0.29, 0.717) is 19.1 Å². The van der Waals surface area contributed by atoms with Crippen LogP contribution in [-0.4, -0.2) is 43.2 Å². The summed E-state index contributed by atoms with van der Waals surface area (Å²) >= 11 is 0. The van der Waals surface area contributed by atoms with Gasteiger partial charge in [-0.2, -0.15) is 0 Å². The lowest BCUT2D eigenvalue weighted by molar-refractivity contribution is -0.144. The predicted octanol–water partition coefficient (Wildman–Crippen LogP) is 1.37. The van der Waals surface area contributed by atoms with Crippen LogP contribution < -0.4 is 5.73 Å². The van der Waals surface area contributed by atoms with Gasteiger partial charge in [-0.25, -0.2) is 0 Å². The molecule has 0 bridgehead atoms. The summed E-state index contributed by atoms with van der Waals surface area (Å²) in [6.07, 6.45) is 0.976. The number of rotatable bonds is 4. The lowest BCUT2D eigenvalue weighted by atomic mass is 9.88. The number of carbonyl (C=O) groups is 1. The fourth-order valence-corrected chi connectivity index (χ4v) is 2.72. The van der Waals surface area contributed by atoms with Crippen LogP contribution in [0.5, 0.6) is 0 Å². The second kappa shape index (κ2) is 6.68. The maximum atomic E-state index is 11.6. The van der Waals surface area contributed by atoms with Crippen molar-refractivity contribution in [3.63, 3.8) is 0 Å². The summed E-state index contributed by atoms with van der Waals surface area (Å²) in [6, 6.07) is 10.5. The molecule has 2 N–H and O–H groups in total. The second-order valence-corrected chi connectivity index (χ2v) is 5.10. The summed E-state index contributed by atoms with van der Waals surface area (Å²) in [7, 11) is 0. The molecule has 4 heteroatoms. The largest absolute Gasteiger partial charge is 0.465 e. The van der Waals surface area contributed by atoms with Crippen molar-refractivity contribution >= 4 is 5.97 Å². The molecule has 1 aromatic carbocycles. The first-order chi connectivity index (χ1) is 9.19. The van der Waals surface area contributed by atoms with E-state index in [0.717, 1.165) is 19.5 Å². The van der Waals surface area contributed by atoms with Crippen LogP contribution in [0.4, 0.5) is 0 Å². The normalized spacial score (nSPS) is 24.1. The molecule has 104 valence electrons. The van der Waals surface area contributed by atoms with Gasteiger partial charge in [0.25, 0.3) is 0 Å². The van der Waals surface area contributed by atoms with E-state index in [-0.39, 0.29) is 12.0 Å². The minimum atomic E-state index is -0.164. The van der Waals surface area contributed by atoms with Crippen LogP contribution in [0.2, 0.25) is 0 Å². The smallest absolute Gasteiger partial charge is 0.320 e. The van der Waals surface area contributed by atoms with E-state index in [1.54, 1.807) is 0 Å². The Kier molecular flexibility index (Phi) is 4.93. The number of ether oxygens (including phenoxy) is 1. The molecule has 4 nitrogen and oxygen atoms in total. The molecule has 0 saturated carbocycles. The maximum Gasteiger partial charge on any atom is 0.320 e. The Morgan fingerprint density at radius 3 is 2.79 bits per heavy atom. The Labute approximate surface area is 114 Å². The van der Waals surface area contributed by atoms with E-state index in [1.165, 1.54) is 5.56 Å². The van der Waals surface area contributed by atoms with Crippen LogP contribution in [-0.2, 0) is 9.53 Å². The minimum Gasteiger partial charge on any atom is -0.465 e. The van der Waals surface area contributed by atoms with Crippen LogP contribution in [0.25, 0.3) is 0 Å². The van der Waals surface area contributed by atoms with Crippen molar-refractivity contribution < 1.29 is 9.53 Å². The third-order valence-electron chi connectivity index (χ3n) is 3.49. The van der Waals surface area contributed by atoms with Gasteiger partial charge in [0, 0.05) is 19.1 Å². The Morgan fingerprint density at radius 1 is 1.37 bits per heavy atom. The summed E-state index contributed by atoms with van der Waals surface area (Å²) in [5, 5.41) is 0. The van der Waals surface area contributed by atoms with Gasteiger partial charge in [-0.05, 0) is 24.8 Å². The van der Waals surface area contributed by atoms with Crippen LogP contribution in [0.3, 0.4) is 0 Å². The summed E-state index contributed by atoms with van der Waals surface area (Å²) in [5.41, 5.74) is 7.41. The molecular formula is C15H22N2O2. The zero-order valence-corrected chi connectivity index (χ0v) is 11.4. The lowest BCUT2D eigenvalue weighted by Gasteiger charge is -2.35. The predicted molar refractivity (Wildman–Crippen MR) is 74.8 cm³/mol. The summed E-state index contributed by atoms with van der Waals surface area (Å²) in [6.45, 7) is 4.23. The number of nitrogens with two attached hydrogens (primary N) is 1. The van der Waals surface area contributed by atoms with Gasteiger partial charge in [0.05, 0.1) is 13.2 Å². The van der Waals surface area contributed by atoms with Crippen molar-refractivity contribution in [1.82, 2.24) is 4.90 Å². The number of nitrogens with zero attached hydrogens (tertiary/aromatic N) is 1. The molecule has 2 rings (SSSR count). The van der Waals surface area contributed by atoms with Crippen LogP contribution >= 0.6 is 0 Å². The molecule has 2 unspecified atom stereocenters. The highest BCUT2D eigenvalue weighted by Gasteiger charge is 2.27. The molecule has 0 spiro atoms. The minimum absolute atomic E-state index is 0.119. The third-order valence-corrected chi connectivity index (χ3v) is 3.49. The topological polar surface area (TPSA) is 55.6 Å². The molecule has 0 radical (unpaired) electrons. The molecule has 1 fully saturated rings. The number of hydrogen-bond donors (Lipinski definition) is 1. The van der Waals surface area contributed by atoms with Crippen LogP contribution in [0.15, 0.2) is 30.3 Å². The van der Waals surface area contributed by atoms with Crippen LogP contribution in [0.1, 0.15) is 24.8 Å². The van der Waals surface area contributed by atoms with E-state index in [1.807, 2.05) is 25.1 Å². The van der Waals surface area contributed by atoms with E-state index < -0.39 is 0 Å². The van der Waals surface area contributed by atoms with Gasteiger partial charge < -0.3 is 10.5 Å². The average molecular weight is 262 g/mol. The quantitative estimate of drug-likeness (QED) is 0.833. The molecule has 1 aliphatic heterocycles. The highest BCUT2D eigenvalue weighted by molar-refractivity contribution is 5.71. The molecular weight excluding hydrogens is 240 g/mol. The fourth-order valence-electron chi connectivity index (χ4n) is 2.72. The molecule has 19 heavy (non-hydrogen) atoms. The van der Waals surface area contributed by atoms with Gasteiger partial charge in [-0.3, -0.25) is 9.69 Å². The Bertz CT molecular complexity index is 408.